The number of halogens is 2. The summed E-state index contributed by atoms with van der Waals surface area (Å²) in [4.78, 5) is 9.13. The lowest BCUT2D eigenvalue weighted by atomic mass is 10.1. The summed E-state index contributed by atoms with van der Waals surface area (Å²) in [5.74, 6) is 0.956. The Balaban J connectivity index is 1.75. The molecule has 0 spiro atoms. The quantitative estimate of drug-likeness (QED) is 0.512. The summed E-state index contributed by atoms with van der Waals surface area (Å²) in [6.07, 6.45) is 2.27. The molecule has 150 valence electrons. The van der Waals surface area contributed by atoms with Gasteiger partial charge in [0.05, 0.1) is 14.9 Å². The van der Waals surface area contributed by atoms with Gasteiger partial charge in [-0.25, -0.2) is 18.1 Å². The van der Waals surface area contributed by atoms with Gasteiger partial charge in [-0.1, -0.05) is 35.3 Å². The number of hydrogen-bond donors (Lipinski definition) is 3. The average Bonchev–Trinajstić information content (AvgIpc) is 2.70. The van der Waals surface area contributed by atoms with Gasteiger partial charge in [-0.05, 0) is 42.3 Å². The molecule has 1 aliphatic rings. The second kappa shape index (κ2) is 8.16. The van der Waals surface area contributed by atoms with E-state index in [4.69, 9.17) is 23.2 Å². The van der Waals surface area contributed by atoms with Crippen molar-refractivity contribution in [2.24, 2.45) is 0 Å². The van der Waals surface area contributed by atoms with Crippen LogP contribution in [0.25, 0.3) is 11.1 Å². The number of aromatic nitrogens is 2. The molecule has 3 aromatic rings. The van der Waals surface area contributed by atoms with E-state index in [-0.39, 0.29) is 4.90 Å². The number of nitrogens with zero attached hydrogens (tertiary/aromatic N) is 2. The Bertz CT molecular complexity index is 1170. The van der Waals surface area contributed by atoms with E-state index in [9.17, 15) is 8.42 Å². The number of hydrogen-bond acceptors (Lipinski definition) is 6. The van der Waals surface area contributed by atoms with E-state index in [1.807, 2.05) is 6.07 Å². The van der Waals surface area contributed by atoms with Crippen LogP contribution in [0, 0.1) is 0 Å². The first-order valence-electron chi connectivity index (χ1n) is 8.85. The zero-order chi connectivity index (χ0) is 20.4. The van der Waals surface area contributed by atoms with Crippen LogP contribution < -0.4 is 15.4 Å². The monoisotopic (exact) mass is 449 g/mol. The Morgan fingerprint density at radius 2 is 1.86 bits per heavy atom. The summed E-state index contributed by atoms with van der Waals surface area (Å²) >= 11 is 12.2. The average molecular weight is 450 g/mol. The molecule has 0 unspecified atom stereocenters. The third kappa shape index (κ3) is 4.45. The lowest BCUT2D eigenvalue weighted by molar-refractivity contribution is 0.580. The summed E-state index contributed by atoms with van der Waals surface area (Å²) in [6.45, 7) is 0.817. The molecular formula is C19H17Cl2N5O2S. The lowest BCUT2D eigenvalue weighted by Gasteiger charge is -2.13. The molecule has 29 heavy (non-hydrogen) atoms. The molecule has 0 saturated carbocycles. The molecule has 10 heteroatoms. The van der Waals surface area contributed by atoms with E-state index in [1.54, 1.807) is 42.6 Å². The molecule has 2 aromatic carbocycles. The predicted octanol–water partition coefficient (Wildman–Crippen LogP) is 4.29. The zero-order valence-corrected chi connectivity index (χ0v) is 17.4. The van der Waals surface area contributed by atoms with E-state index < -0.39 is 10.0 Å². The Morgan fingerprint density at radius 3 is 2.69 bits per heavy atom. The Kier molecular flexibility index (Phi) is 5.60. The van der Waals surface area contributed by atoms with Crippen molar-refractivity contribution >= 4 is 50.7 Å². The van der Waals surface area contributed by atoms with Gasteiger partial charge < -0.3 is 10.6 Å². The van der Waals surface area contributed by atoms with Gasteiger partial charge in [0.1, 0.15) is 5.82 Å². The molecule has 1 aromatic heterocycles. The van der Waals surface area contributed by atoms with Crippen molar-refractivity contribution in [3.63, 3.8) is 0 Å². The maximum atomic E-state index is 12.4. The Hall–Kier alpha value is -2.39. The fraction of sp³-hybridized carbons (Fsp3) is 0.158. The molecule has 1 aliphatic heterocycles. The third-order valence-electron chi connectivity index (χ3n) is 4.36. The molecule has 0 fully saturated rings. The van der Waals surface area contributed by atoms with E-state index in [1.165, 1.54) is 0 Å². The maximum absolute atomic E-state index is 12.4. The van der Waals surface area contributed by atoms with Gasteiger partial charge in [0.15, 0.2) is 0 Å². The van der Waals surface area contributed by atoms with Crippen LogP contribution in [0.2, 0.25) is 10.0 Å². The normalized spacial score (nSPS) is 15.8. The minimum Gasteiger partial charge on any atom is -0.369 e. The number of rotatable bonds is 1. The smallest absolute Gasteiger partial charge is 0.240 e. The number of benzene rings is 2. The number of sulfonamides is 1. The van der Waals surface area contributed by atoms with Crippen LogP contribution in [0.4, 0.5) is 17.5 Å². The largest absolute Gasteiger partial charge is 0.369 e. The van der Waals surface area contributed by atoms with E-state index in [0.717, 1.165) is 11.1 Å². The van der Waals surface area contributed by atoms with Crippen LogP contribution in [0.5, 0.6) is 0 Å². The minimum absolute atomic E-state index is 0.183. The van der Waals surface area contributed by atoms with Crippen LogP contribution in [-0.4, -0.2) is 31.5 Å². The van der Waals surface area contributed by atoms with Crippen molar-refractivity contribution in [2.45, 2.75) is 11.3 Å². The molecule has 0 saturated heterocycles. The van der Waals surface area contributed by atoms with Gasteiger partial charge in [-0.3, -0.25) is 0 Å². The third-order valence-corrected chi connectivity index (χ3v) is 6.56. The van der Waals surface area contributed by atoms with E-state index in [0.29, 0.717) is 47.0 Å². The molecule has 0 amide bonds. The van der Waals surface area contributed by atoms with Crippen molar-refractivity contribution < 1.29 is 8.42 Å². The minimum atomic E-state index is -3.58. The highest BCUT2D eigenvalue weighted by Gasteiger charge is 2.16. The van der Waals surface area contributed by atoms with Crippen molar-refractivity contribution in [1.82, 2.24) is 14.7 Å². The maximum Gasteiger partial charge on any atom is 0.240 e. The second-order valence-electron chi connectivity index (χ2n) is 6.42. The van der Waals surface area contributed by atoms with Crippen LogP contribution in [0.3, 0.4) is 0 Å². The van der Waals surface area contributed by atoms with Gasteiger partial charge in [0.25, 0.3) is 0 Å². The van der Waals surface area contributed by atoms with Crippen LogP contribution in [-0.2, 0) is 10.0 Å². The van der Waals surface area contributed by atoms with E-state index >= 15 is 0 Å². The summed E-state index contributed by atoms with van der Waals surface area (Å²) in [7, 11) is -3.58. The first-order valence-corrected chi connectivity index (χ1v) is 11.1. The highest BCUT2D eigenvalue weighted by molar-refractivity contribution is 7.89. The molecule has 0 aliphatic carbocycles. The first kappa shape index (κ1) is 19.9. The molecule has 0 atom stereocenters. The first-order chi connectivity index (χ1) is 13.9. The van der Waals surface area contributed by atoms with Gasteiger partial charge in [-0.15, -0.1) is 0 Å². The molecule has 3 N–H and O–H groups in total. The zero-order valence-electron chi connectivity index (χ0n) is 15.1. The fourth-order valence-corrected chi connectivity index (χ4v) is 4.32. The van der Waals surface area contributed by atoms with Gasteiger partial charge in [0.2, 0.25) is 16.0 Å². The predicted molar refractivity (Wildman–Crippen MR) is 116 cm³/mol. The summed E-state index contributed by atoms with van der Waals surface area (Å²) in [6, 6.07) is 11.8. The van der Waals surface area contributed by atoms with Crippen molar-refractivity contribution in [3.05, 3.63) is 58.7 Å². The molecule has 4 bridgehead atoms. The molecule has 4 rings (SSSR count). The van der Waals surface area contributed by atoms with Gasteiger partial charge >= 0.3 is 0 Å². The lowest BCUT2D eigenvalue weighted by Crippen LogP contribution is -2.26. The molecule has 0 radical (unpaired) electrons. The standard InChI is InChI=1S/C19H17Cl2N5O2S/c20-16-6-5-12(9-17(16)21)15-11-23-19-25-13-3-1-4-14(10-13)29(27,28)24-8-2-7-22-18(15)26-19/h1,3-6,9-11,24H,2,7-8H2,(H2,22,23,25,26). The van der Waals surface area contributed by atoms with Crippen molar-refractivity contribution in [2.75, 3.05) is 23.7 Å². The molecule has 2 heterocycles. The molecular weight excluding hydrogens is 433 g/mol. The number of anilines is 3. The van der Waals surface area contributed by atoms with Crippen molar-refractivity contribution in [3.8, 4) is 11.1 Å². The van der Waals surface area contributed by atoms with Crippen LogP contribution >= 0.6 is 23.2 Å². The highest BCUT2D eigenvalue weighted by Crippen LogP contribution is 2.32. The van der Waals surface area contributed by atoms with Crippen LogP contribution in [0.1, 0.15) is 6.42 Å². The Morgan fingerprint density at radius 1 is 1.00 bits per heavy atom. The molecule has 7 nitrogen and oxygen atoms in total. The number of nitrogens with one attached hydrogen (secondary N) is 3. The van der Waals surface area contributed by atoms with Crippen LogP contribution in [0.15, 0.2) is 53.6 Å². The summed E-state index contributed by atoms with van der Waals surface area (Å²) in [5, 5.41) is 7.22. The summed E-state index contributed by atoms with van der Waals surface area (Å²) in [5.41, 5.74) is 2.15. The fourth-order valence-electron chi connectivity index (χ4n) is 2.91. The Labute approximate surface area is 178 Å². The highest BCUT2D eigenvalue weighted by atomic mass is 35.5. The van der Waals surface area contributed by atoms with E-state index in [2.05, 4.69) is 25.3 Å². The van der Waals surface area contributed by atoms with Crippen molar-refractivity contribution in [1.29, 1.82) is 0 Å². The second-order valence-corrected chi connectivity index (χ2v) is 9.00. The number of fused-ring (bicyclic) bond motifs is 4. The van der Waals surface area contributed by atoms with Gasteiger partial charge in [0, 0.05) is 30.5 Å². The van der Waals surface area contributed by atoms with Gasteiger partial charge in [-0.2, -0.15) is 4.98 Å². The SMILES string of the molecule is O=S1(=O)NCCCNc2nc(ncc2-c2ccc(Cl)c(Cl)c2)Nc2cccc1c2. The summed E-state index contributed by atoms with van der Waals surface area (Å²) < 4.78 is 27.5. The topological polar surface area (TPSA) is 96.0 Å².